The van der Waals surface area contributed by atoms with E-state index in [9.17, 15) is 8.42 Å². The average Bonchev–Trinajstić information content (AvgIpc) is 2.49. The third kappa shape index (κ3) is 4.15. The number of nitrogens with one attached hydrogen (secondary N) is 2. The number of anilines is 2. The summed E-state index contributed by atoms with van der Waals surface area (Å²) in [5.41, 5.74) is 2.21. The first kappa shape index (κ1) is 16.6. The summed E-state index contributed by atoms with van der Waals surface area (Å²) in [6, 6.07) is 11.8. The zero-order valence-electron chi connectivity index (χ0n) is 12.6. The molecule has 0 saturated heterocycles. The molecule has 0 aliphatic heterocycles. The molecule has 2 aromatic carbocycles. The summed E-state index contributed by atoms with van der Waals surface area (Å²) in [7, 11) is -3.61. The highest BCUT2D eigenvalue weighted by Crippen LogP contribution is 2.22. The molecular formula is C16H19ClN2O2S. The lowest BCUT2D eigenvalue weighted by Gasteiger charge is -2.10. The van der Waals surface area contributed by atoms with Crippen LogP contribution in [0.4, 0.5) is 11.4 Å². The van der Waals surface area contributed by atoms with E-state index in [0.29, 0.717) is 10.7 Å². The van der Waals surface area contributed by atoms with Crippen LogP contribution >= 0.6 is 11.6 Å². The SMILES string of the molecule is CCCNc1ccc(NS(=O)(=O)c2ccc(Cl)c(C)c2)cc1. The molecule has 0 aromatic heterocycles. The van der Waals surface area contributed by atoms with Gasteiger partial charge < -0.3 is 5.32 Å². The molecule has 0 aliphatic carbocycles. The Kier molecular flexibility index (Phi) is 5.32. The highest BCUT2D eigenvalue weighted by Gasteiger charge is 2.15. The summed E-state index contributed by atoms with van der Waals surface area (Å²) in [5, 5.41) is 3.78. The Balaban J connectivity index is 2.16. The van der Waals surface area contributed by atoms with Gasteiger partial charge >= 0.3 is 0 Å². The van der Waals surface area contributed by atoms with Gasteiger partial charge in [-0.25, -0.2) is 8.42 Å². The van der Waals surface area contributed by atoms with E-state index in [4.69, 9.17) is 11.6 Å². The number of hydrogen-bond donors (Lipinski definition) is 2. The molecule has 4 nitrogen and oxygen atoms in total. The third-order valence-corrected chi connectivity index (χ3v) is 4.96. The van der Waals surface area contributed by atoms with Crippen molar-refractivity contribution in [1.29, 1.82) is 0 Å². The minimum absolute atomic E-state index is 0.197. The van der Waals surface area contributed by atoms with Crippen LogP contribution in [-0.2, 0) is 10.0 Å². The molecule has 2 rings (SSSR count). The lowest BCUT2D eigenvalue weighted by molar-refractivity contribution is 0.601. The molecule has 22 heavy (non-hydrogen) atoms. The van der Waals surface area contributed by atoms with Crippen molar-refractivity contribution in [3.8, 4) is 0 Å². The molecule has 0 heterocycles. The zero-order chi connectivity index (χ0) is 16.2. The fourth-order valence-electron chi connectivity index (χ4n) is 1.92. The summed E-state index contributed by atoms with van der Waals surface area (Å²) in [6.45, 7) is 4.74. The predicted molar refractivity (Wildman–Crippen MR) is 92.2 cm³/mol. The minimum atomic E-state index is -3.61. The predicted octanol–water partition coefficient (Wildman–Crippen LogP) is 4.27. The Morgan fingerprint density at radius 2 is 1.68 bits per heavy atom. The van der Waals surface area contributed by atoms with E-state index in [1.54, 1.807) is 31.2 Å². The highest BCUT2D eigenvalue weighted by molar-refractivity contribution is 7.92. The molecule has 118 valence electrons. The Morgan fingerprint density at radius 3 is 2.27 bits per heavy atom. The number of halogens is 1. The molecule has 0 atom stereocenters. The van der Waals surface area contributed by atoms with E-state index in [0.717, 1.165) is 24.2 Å². The monoisotopic (exact) mass is 338 g/mol. The van der Waals surface area contributed by atoms with Crippen molar-refractivity contribution >= 4 is 33.0 Å². The summed E-state index contributed by atoms with van der Waals surface area (Å²) in [5.74, 6) is 0. The smallest absolute Gasteiger partial charge is 0.261 e. The van der Waals surface area contributed by atoms with Crippen molar-refractivity contribution in [2.75, 3.05) is 16.6 Å². The average molecular weight is 339 g/mol. The lowest BCUT2D eigenvalue weighted by atomic mass is 10.2. The highest BCUT2D eigenvalue weighted by atomic mass is 35.5. The van der Waals surface area contributed by atoms with Gasteiger partial charge in [-0.2, -0.15) is 0 Å². The van der Waals surface area contributed by atoms with E-state index < -0.39 is 10.0 Å². The second kappa shape index (κ2) is 7.03. The van der Waals surface area contributed by atoms with Crippen molar-refractivity contribution in [3.63, 3.8) is 0 Å². The Hall–Kier alpha value is -1.72. The van der Waals surface area contributed by atoms with Crippen LogP contribution in [0.25, 0.3) is 0 Å². The van der Waals surface area contributed by atoms with Gasteiger partial charge in [-0.3, -0.25) is 4.72 Å². The summed E-state index contributed by atoms with van der Waals surface area (Å²) in [4.78, 5) is 0.197. The standard InChI is InChI=1S/C16H19ClN2O2S/c1-3-10-18-13-4-6-14(7-5-13)19-22(20,21)15-8-9-16(17)12(2)11-15/h4-9,11,18-19H,3,10H2,1-2H3. The normalized spacial score (nSPS) is 11.2. The van der Waals surface area contributed by atoms with Gasteiger partial charge in [0, 0.05) is 22.9 Å². The van der Waals surface area contributed by atoms with Gasteiger partial charge in [-0.1, -0.05) is 18.5 Å². The van der Waals surface area contributed by atoms with Gasteiger partial charge in [-0.05, 0) is 61.4 Å². The van der Waals surface area contributed by atoms with Gasteiger partial charge in [0.2, 0.25) is 0 Å². The maximum atomic E-state index is 12.4. The molecule has 0 unspecified atom stereocenters. The first-order chi connectivity index (χ1) is 10.4. The first-order valence-corrected chi connectivity index (χ1v) is 8.91. The molecule has 0 amide bonds. The molecule has 2 aromatic rings. The topological polar surface area (TPSA) is 58.2 Å². The van der Waals surface area contributed by atoms with Crippen LogP contribution in [-0.4, -0.2) is 15.0 Å². The summed E-state index contributed by atoms with van der Waals surface area (Å²) >= 11 is 5.93. The Labute approximate surface area is 136 Å². The molecule has 2 N–H and O–H groups in total. The van der Waals surface area contributed by atoms with Crippen molar-refractivity contribution in [3.05, 3.63) is 53.1 Å². The number of aryl methyl sites for hydroxylation is 1. The van der Waals surface area contributed by atoms with Gasteiger partial charge in [-0.15, -0.1) is 0 Å². The van der Waals surface area contributed by atoms with Crippen LogP contribution in [0, 0.1) is 6.92 Å². The molecule has 0 fully saturated rings. The molecule has 0 aliphatic rings. The van der Waals surface area contributed by atoms with Gasteiger partial charge in [0.25, 0.3) is 10.0 Å². The van der Waals surface area contributed by atoms with Crippen molar-refractivity contribution < 1.29 is 8.42 Å². The third-order valence-electron chi connectivity index (χ3n) is 3.16. The van der Waals surface area contributed by atoms with E-state index >= 15 is 0 Å². The minimum Gasteiger partial charge on any atom is -0.385 e. The van der Waals surface area contributed by atoms with Crippen molar-refractivity contribution in [2.45, 2.75) is 25.2 Å². The number of sulfonamides is 1. The fraction of sp³-hybridized carbons (Fsp3) is 0.250. The van der Waals surface area contributed by atoms with Crippen LogP contribution in [0.15, 0.2) is 47.4 Å². The Morgan fingerprint density at radius 1 is 1.05 bits per heavy atom. The molecule has 6 heteroatoms. The van der Waals surface area contributed by atoms with E-state index in [2.05, 4.69) is 17.0 Å². The second-order valence-electron chi connectivity index (χ2n) is 5.02. The second-order valence-corrected chi connectivity index (χ2v) is 7.11. The van der Waals surface area contributed by atoms with Crippen molar-refractivity contribution in [1.82, 2.24) is 0 Å². The Bertz CT molecular complexity index is 743. The maximum Gasteiger partial charge on any atom is 0.261 e. The molecular weight excluding hydrogens is 320 g/mol. The first-order valence-electron chi connectivity index (χ1n) is 7.05. The molecule has 0 spiro atoms. The van der Waals surface area contributed by atoms with E-state index in [1.165, 1.54) is 6.07 Å². The number of benzene rings is 2. The van der Waals surface area contributed by atoms with Gasteiger partial charge in [0.1, 0.15) is 0 Å². The maximum absolute atomic E-state index is 12.4. The van der Waals surface area contributed by atoms with Gasteiger partial charge in [0.05, 0.1) is 4.90 Å². The molecule has 0 bridgehead atoms. The van der Waals surface area contributed by atoms with Crippen molar-refractivity contribution in [2.24, 2.45) is 0 Å². The lowest BCUT2D eigenvalue weighted by Crippen LogP contribution is -2.13. The summed E-state index contributed by atoms with van der Waals surface area (Å²) < 4.78 is 27.3. The quantitative estimate of drug-likeness (QED) is 0.826. The molecule has 0 saturated carbocycles. The summed E-state index contributed by atoms with van der Waals surface area (Å²) in [6.07, 6.45) is 1.03. The van der Waals surface area contributed by atoms with Gasteiger partial charge in [0.15, 0.2) is 0 Å². The van der Waals surface area contributed by atoms with Crippen LogP contribution in [0.5, 0.6) is 0 Å². The largest absolute Gasteiger partial charge is 0.385 e. The molecule has 0 radical (unpaired) electrons. The zero-order valence-corrected chi connectivity index (χ0v) is 14.1. The van der Waals surface area contributed by atoms with Crippen LogP contribution < -0.4 is 10.0 Å². The number of hydrogen-bond acceptors (Lipinski definition) is 3. The fourth-order valence-corrected chi connectivity index (χ4v) is 3.18. The van der Waals surface area contributed by atoms with Crippen LogP contribution in [0.1, 0.15) is 18.9 Å². The number of rotatable bonds is 6. The van der Waals surface area contributed by atoms with E-state index in [1.807, 2.05) is 12.1 Å². The van der Waals surface area contributed by atoms with Crippen LogP contribution in [0.2, 0.25) is 5.02 Å². The van der Waals surface area contributed by atoms with Crippen LogP contribution in [0.3, 0.4) is 0 Å². The van der Waals surface area contributed by atoms with E-state index in [-0.39, 0.29) is 4.90 Å².